The zero-order valence-electron chi connectivity index (χ0n) is 13.9. The average Bonchev–Trinajstić information content (AvgIpc) is 2.62. The fourth-order valence-corrected chi connectivity index (χ4v) is 2.95. The van der Waals surface area contributed by atoms with Gasteiger partial charge in [0.25, 0.3) is 0 Å². The number of aromatic carboxylic acids is 1. The second-order valence-corrected chi connectivity index (χ2v) is 6.22. The molecule has 0 aromatic heterocycles. The molecule has 2 aromatic rings. The first kappa shape index (κ1) is 18.4. The normalized spacial score (nSPS) is 18.7. The highest BCUT2D eigenvalue weighted by Crippen LogP contribution is 2.31. The number of morpholine rings is 1. The van der Waals surface area contributed by atoms with Crippen LogP contribution in [-0.2, 0) is 17.5 Å². The van der Waals surface area contributed by atoms with Crippen LogP contribution >= 0.6 is 0 Å². The average molecular weight is 365 g/mol. The summed E-state index contributed by atoms with van der Waals surface area (Å²) in [5.41, 5.74) is 1.25. The molecule has 0 saturated carbocycles. The van der Waals surface area contributed by atoms with Crippen molar-refractivity contribution in [3.8, 4) is 0 Å². The standard InChI is InChI=1S/C19H18F3NO3/c20-19(21,22)16-7-5-14(6-8-16)17-12-23(9-10-26-17)11-13-1-3-15(4-2-13)18(24)25/h1-8,17H,9-12H2,(H,24,25). The van der Waals surface area contributed by atoms with Crippen LogP contribution in [-0.4, -0.2) is 35.7 Å². The Balaban J connectivity index is 1.64. The van der Waals surface area contributed by atoms with Crippen molar-refractivity contribution in [2.45, 2.75) is 18.8 Å². The van der Waals surface area contributed by atoms with Gasteiger partial charge in [0.2, 0.25) is 0 Å². The summed E-state index contributed by atoms with van der Waals surface area (Å²) in [5, 5.41) is 8.93. The summed E-state index contributed by atoms with van der Waals surface area (Å²) < 4.78 is 43.7. The fraction of sp³-hybridized carbons (Fsp3) is 0.316. The van der Waals surface area contributed by atoms with Gasteiger partial charge in [-0.3, -0.25) is 4.90 Å². The zero-order chi connectivity index (χ0) is 18.7. The van der Waals surface area contributed by atoms with E-state index in [1.165, 1.54) is 12.1 Å². The van der Waals surface area contributed by atoms with Gasteiger partial charge in [0, 0.05) is 19.6 Å². The lowest BCUT2D eigenvalue weighted by molar-refractivity contribution is -0.137. The van der Waals surface area contributed by atoms with Crippen LogP contribution in [0, 0.1) is 0 Å². The highest BCUT2D eigenvalue weighted by atomic mass is 19.4. The van der Waals surface area contributed by atoms with E-state index in [2.05, 4.69) is 4.90 Å². The van der Waals surface area contributed by atoms with Gasteiger partial charge >= 0.3 is 12.1 Å². The van der Waals surface area contributed by atoms with E-state index >= 15 is 0 Å². The van der Waals surface area contributed by atoms with Crippen molar-refractivity contribution in [1.82, 2.24) is 4.90 Å². The SMILES string of the molecule is O=C(O)c1ccc(CN2CCOC(c3ccc(C(F)(F)F)cc3)C2)cc1. The molecule has 1 aliphatic rings. The number of nitrogens with zero attached hydrogens (tertiary/aromatic N) is 1. The Kier molecular flexibility index (Phi) is 5.29. The van der Waals surface area contributed by atoms with E-state index in [9.17, 15) is 18.0 Å². The molecule has 1 heterocycles. The summed E-state index contributed by atoms with van der Waals surface area (Å²) in [4.78, 5) is 13.0. The van der Waals surface area contributed by atoms with Crippen molar-refractivity contribution in [3.63, 3.8) is 0 Å². The molecular weight excluding hydrogens is 347 g/mol. The monoisotopic (exact) mass is 365 g/mol. The summed E-state index contributed by atoms with van der Waals surface area (Å²) in [7, 11) is 0. The van der Waals surface area contributed by atoms with Crippen LogP contribution in [0.1, 0.15) is 33.2 Å². The highest BCUT2D eigenvalue weighted by Gasteiger charge is 2.30. The largest absolute Gasteiger partial charge is 0.478 e. The number of alkyl halides is 3. The first-order valence-electron chi connectivity index (χ1n) is 8.16. The van der Waals surface area contributed by atoms with Crippen LogP contribution in [0.15, 0.2) is 48.5 Å². The van der Waals surface area contributed by atoms with Crippen LogP contribution in [0.2, 0.25) is 0 Å². The summed E-state index contributed by atoms with van der Waals surface area (Å²) in [6.45, 7) is 2.38. The molecule has 1 saturated heterocycles. The van der Waals surface area contributed by atoms with Crippen LogP contribution in [0.5, 0.6) is 0 Å². The lowest BCUT2D eigenvalue weighted by atomic mass is 10.0. The van der Waals surface area contributed by atoms with Gasteiger partial charge in [-0.15, -0.1) is 0 Å². The smallest absolute Gasteiger partial charge is 0.416 e. The molecule has 0 bridgehead atoms. The molecule has 0 spiro atoms. The van der Waals surface area contributed by atoms with Crippen LogP contribution in [0.3, 0.4) is 0 Å². The molecule has 1 unspecified atom stereocenters. The van der Waals surface area contributed by atoms with Crippen LogP contribution in [0.25, 0.3) is 0 Å². The van der Waals surface area contributed by atoms with E-state index < -0.39 is 17.7 Å². The minimum atomic E-state index is -4.35. The lowest BCUT2D eigenvalue weighted by Crippen LogP contribution is -2.37. The maximum Gasteiger partial charge on any atom is 0.416 e. The number of hydrogen-bond donors (Lipinski definition) is 1. The predicted molar refractivity (Wildman–Crippen MR) is 88.8 cm³/mol. The van der Waals surface area contributed by atoms with Crippen molar-refractivity contribution in [2.75, 3.05) is 19.7 Å². The van der Waals surface area contributed by atoms with Gasteiger partial charge in [0.15, 0.2) is 0 Å². The van der Waals surface area contributed by atoms with E-state index in [4.69, 9.17) is 9.84 Å². The van der Waals surface area contributed by atoms with Crippen LogP contribution in [0.4, 0.5) is 13.2 Å². The second-order valence-electron chi connectivity index (χ2n) is 6.22. The predicted octanol–water partition coefficient (Wildman–Crippen LogP) is 3.98. The van der Waals surface area contributed by atoms with E-state index in [1.54, 1.807) is 24.3 Å². The number of halogens is 3. The second kappa shape index (κ2) is 7.47. The first-order chi connectivity index (χ1) is 12.3. The Hall–Kier alpha value is -2.38. The molecule has 2 aromatic carbocycles. The van der Waals surface area contributed by atoms with E-state index in [-0.39, 0.29) is 11.7 Å². The molecule has 0 radical (unpaired) electrons. The molecule has 0 aliphatic carbocycles. The number of hydrogen-bond acceptors (Lipinski definition) is 3. The Bertz CT molecular complexity index is 757. The van der Waals surface area contributed by atoms with Gasteiger partial charge in [-0.1, -0.05) is 24.3 Å². The summed E-state index contributed by atoms with van der Waals surface area (Å²) in [5.74, 6) is -0.967. The van der Waals surface area contributed by atoms with E-state index in [0.717, 1.165) is 17.7 Å². The molecule has 1 aliphatic heterocycles. The number of ether oxygens (including phenoxy) is 1. The lowest BCUT2D eigenvalue weighted by Gasteiger charge is -2.33. The van der Waals surface area contributed by atoms with Gasteiger partial charge in [0.1, 0.15) is 0 Å². The van der Waals surface area contributed by atoms with Gasteiger partial charge in [-0.2, -0.15) is 13.2 Å². The zero-order valence-corrected chi connectivity index (χ0v) is 13.9. The molecule has 26 heavy (non-hydrogen) atoms. The Labute approximate surface area is 148 Å². The molecule has 4 nitrogen and oxygen atoms in total. The molecule has 1 N–H and O–H groups in total. The highest BCUT2D eigenvalue weighted by molar-refractivity contribution is 5.87. The van der Waals surface area contributed by atoms with Crippen molar-refractivity contribution in [1.29, 1.82) is 0 Å². The fourth-order valence-electron chi connectivity index (χ4n) is 2.95. The number of rotatable bonds is 4. The first-order valence-corrected chi connectivity index (χ1v) is 8.16. The minimum absolute atomic E-state index is 0.235. The van der Waals surface area contributed by atoms with E-state index in [1.807, 2.05) is 0 Å². The molecule has 1 fully saturated rings. The summed E-state index contributed by atoms with van der Waals surface area (Å²) in [6, 6.07) is 11.7. The van der Waals surface area contributed by atoms with Crippen molar-refractivity contribution < 1.29 is 27.8 Å². The number of carboxylic acids is 1. The van der Waals surface area contributed by atoms with Gasteiger partial charge in [0.05, 0.1) is 23.8 Å². The Morgan fingerprint density at radius 2 is 1.77 bits per heavy atom. The maximum atomic E-state index is 12.7. The quantitative estimate of drug-likeness (QED) is 0.891. The Morgan fingerprint density at radius 1 is 1.12 bits per heavy atom. The maximum absolute atomic E-state index is 12.7. The third-order valence-electron chi connectivity index (χ3n) is 4.37. The Morgan fingerprint density at radius 3 is 2.35 bits per heavy atom. The molecular formula is C19H18F3NO3. The van der Waals surface area contributed by atoms with Crippen LogP contribution < -0.4 is 0 Å². The number of carboxylic acid groups (broad SMARTS) is 1. The minimum Gasteiger partial charge on any atom is -0.478 e. The third-order valence-corrected chi connectivity index (χ3v) is 4.37. The summed E-state index contributed by atoms with van der Waals surface area (Å²) in [6.07, 6.45) is -4.63. The number of benzene rings is 2. The van der Waals surface area contributed by atoms with E-state index in [0.29, 0.717) is 31.8 Å². The number of carbonyl (C=O) groups is 1. The molecule has 0 amide bonds. The van der Waals surface area contributed by atoms with Crippen molar-refractivity contribution in [3.05, 3.63) is 70.8 Å². The molecule has 7 heteroatoms. The molecule has 1 atom stereocenters. The van der Waals surface area contributed by atoms with Gasteiger partial charge in [-0.25, -0.2) is 4.79 Å². The topological polar surface area (TPSA) is 49.8 Å². The van der Waals surface area contributed by atoms with Gasteiger partial charge in [-0.05, 0) is 35.4 Å². The van der Waals surface area contributed by atoms with Gasteiger partial charge < -0.3 is 9.84 Å². The van der Waals surface area contributed by atoms with Crippen molar-refractivity contribution in [2.24, 2.45) is 0 Å². The van der Waals surface area contributed by atoms with Crippen molar-refractivity contribution >= 4 is 5.97 Å². The summed E-state index contributed by atoms with van der Waals surface area (Å²) >= 11 is 0. The third kappa shape index (κ3) is 4.42. The molecule has 138 valence electrons. The molecule has 3 rings (SSSR count).